The van der Waals surface area contributed by atoms with Crippen LogP contribution in [0.15, 0.2) is 99.6 Å². The van der Waals surface area contributed by atoms with Gasteiger partial charge in [-0.1, -0.05) is 18.2 Å². The topological polar surface area (TPSA) is 67.8 Å². The molecular formula is C49H14F22O5S. The zero-order valence-corrected chi connectivity index (χ0v) is 37.2. The molecule has 0 spiro atoms. The van der Waals surface area contributed by atoms with Gasteiger partial charge in [-0.15, -0.1) is 0 Å². The lowest BCUT2D eigenvalue weighted by atomic mass is 9.95. The molecule has 0 N–H and O–H groups in total. The largest absolute Gasteiger partial charge is 0.545 e. The van der Waals surface area contributed by atoms with Crippen LogP contribution in [0.2, 0.25) is 0 Å². The van der Waals surface area contributed by atoms with Crippen molar-refractivity contribution in [1.82, 2.24) is 0 Å². The number of ether oxygens (including phenoxy) is 3. The first kappa shape index (κ1) is 56.2. The summed E-state index contributed by atoms with van der Waals surface area (Å²) in [5, 5.41) is 12.3. The molecule has 0 aliphatic carbocycles. The van der Waals surface area contributed by atoms with E-state index in [-0.39, 0.29) is 22.5 Å². The summed E-state index contributed by atoms with van der Waals surface area (Å²) in [4.78, 5) is 15.4. The number of carboxylic acid groups (broad SMARTS) is 1. The molecule has 0 radical (unpaired) electrons. The zero-order chi connectivity index (χ0) is 56.8. The van der Waals surface area contributed by atoms with Crippen LogP contribution < -0.4 is 19.3 Å². The lowest BCUT2D eigenvalue weighted by Crippen LogP contribution is -2.24. The van der Waals surface area contributed by atoms with Gasteiger partial charge in [0.15, 0.2) is 49.5 Å². The van der Waals surface area contributed by atoms with Crippen LogP contribution in [0.3, 0.4) is 0 Å². The zero-order valence-electron chi connectivity index (χ0n) is 36.3. The monoisotopic (exact) mass is 1130 g/mol. The Hall–Kier alpha value is -8.56. The number of halogens is 22. The van der Waals surface area contributed by atoms with E-state index in [4.69, 9.17) is 0 Å². The Balaban J connectivity index is 0.000000339. The van der Waals surface area contributed by atoms with Crippen molar-refractivity contribution < 1.29 is 121 Å². The third kappa shape index (κ3) is 10.3. The quantitative estimate of drug-likeness (QED) is 0.0559. The molecule has 0 aliphatic rings. The molecule has 28 heteroatoms. The molecule has 0 bridgehead atoms. The minimum atomic E-state index is -3.17. The number of rotatable bonds is 11. The van der Waals surface area contributed by atoms with E-state index in [1.54, 1.807) is 24.3 Å². The van der Waals surface area contributed by atoms with Crippen LogP contribution in [-0.4, -0.2) is 5.97 Å². The van der Waals surface area contributed by atoms with Gasteiger partial charge in [-0.2, -0.15) is 26.3 Å². The normalized spacial score (nSPS) is 11.2. The number of benzene rings is 8. The fourth-order valence-electron chi connectivity index (χ4n) is 6.56. The standard InChI is InChI=1S/C31H2F20O5.C18H13F2S/c32-6-5(7(33)9(35)10(36)8(6)34)4-2(31(52)53)1-3(54-28-20(46)14(40)11(37)15(41)21(28)47)26(55-29-22(48)16(42)12(38)17(43)23(29)49)27(4)56-30-24(50)18(44)13(39)19(45)25(30)51;19-14-6-10-17(11-7-14)21(16-4-2-1-3-5-16)18-12-8-15(20)9-13-18/h1H,(H,52,53);1-13H/q;+1/p-1. The Labute approximate surface area is 415 Å². The second-order valence-corrected chi connectivity index (χ2v) is 16.7. The molecule has 8 aromatic rings. The molecule has 5 nitrogen and oxygen atoms in total. The minimum Gasteiger partial charge on any atom is -0.545 e. The Kier molecular flexibility index (Phi) is 16.0. The maximum atomic E-state index is 15.2. The highest BCUT2D eigenvalue weighted by Gasteiger charge is 2.39. The number of hydrogen-bond donors (Lipinski definition) is 0. The predicted molar refractivity (Wildman–Crippen MR) is 216 cm³/mol. The van der Waals surface area contributed by atoms with Crippen LogP contribution in [-0.2, 0) is 10.9 Å². The van der Waals surface area contributed by atoms with E-state index in [0.29, 0.717) is 0 Å². The second kappa shape index (κ2) is 22.0. The van der Waals surface area contributed by atoms with Gasteiger partial charge < -0.3 is 24.1 Å². The van der Waals surface area contributed by atoms with Gasteiger partial charge in [0, 0.05) is 11.1 Å². The fraction of sp³-hybridized carbons (Fsp3) is 0. The fourth-order valence-corrected chi connectivity index (χ4v) is 8.63. The van der Waals surface area contributed by atoms with Crippen molar-refractivity contribution >= 4 is 16.9 Å². The van der Waals surface area contributed by atoms with Crippen molar-refractivity contribution in [1.29, 1.82) is 0 Å². The minimum absolute atomic E-state index is 0.255. The summed E-state index contributed by atoms with van der Waals surface area (Å²) < 4.78 is 328. The molecule has 0 saturated carbocycles. The Bertz CT molecular complexity index is 3520. The predicted octanol–water partition coefficient (Wildman–Crippen LogP) is 14.9. The lowest BCUT2D eigenvalue weighted by Gasteiger charge is -2.24. The average molecular weight is 1130 g/mol. The summed E-state index contributed by atoms with van der Waals surface area (Å²) in [5.41, 5.74) is -7.70. The van der Waals surface area contributed by atoms with E-state index in [2.05, 4.69) is 14.2 Å². The number of aromatic carboxylic acids is 1. The van der Waals surface area contributed by atoms with Crippen molar-refractivity contribution in [3.8, 4) is 45.6 Å². The van der Waals surface area contributed by atoms with Crippen molar-refractivity contribution in [2.75, 3.05) is 0 Å². The molecule has 0 amide bonds. The van der Waals surface area contributed by atoms with E-state index in [1.807, 2.05) is 30.3 Å². The first-order valence-corrected chi connectivity index (χ1v) is 21.3. The highest BCUT2D eigenvalue weighted by atomic mass is 32.2. The van der Waals surface area contributed by atoms with Gasteiger partial charge in [-0.25, -0.2) is 70.2 Å². The molecule has 0 aromatic heterocycles. The van der Waals surface area contributed by atoms with Crippen molar-refractivity contribution in [3.63, 3.8) is 0 Å². The van der Waals surface area contributed by atoms with E-state index < -0.39 is 180 Å². The first-order valence-electron chi connectivity index (χ1n) is 20.0. The third-order valence-electron chi connectivity index (χ3n) is 10.1. The molecule has 77 heavy (non-hydrogen) atoms. The smallest absolute Gasteiger partial charge is 0.213 e. The van der Waals surface area contributed by atoms with Crippen LogP contribution in [0, 0.1) is 128 Å². The molecule has 8 aromatic carbocycles. The van der Waals surface area contributed by atoms with Gasteiger partial charge in [0.05, 0.1) is 22.4 Å². The summed E-state index contributed by atoms with van der Waals surface area (Å²) in [6.07, 6.45) is 0. The van der Waals surface area contributed by atoms with Gasteiger partial charge in [-0.3, -0.25) is 0 Å². The number of carbonyl (C=O) groups excluding carboxylic acids is 1. The molecule has 0 saturated heterocycles. The van der Waals surface area contributed by atoms with Crippen LogP contribution in [0.4, 0.5) is 96.6 Å². The Morgan fingerprint density at radius 2 is 0.597 bits per heavy atom. The maximum absolute atomic E-state index is 15.2. The van der Waals surface area contributed by atoms with Gasteiger partial charge in [0.2, 0.25) is 116 Å². The second-order valence-electron chi connectivity index (χ2n) is 14.7. The van der Waals surface area contributed by atoms with Crippen LogP contribution >= 0.6 is 0 Å². The molecule has 400 valence electrons. The van der Waals surface area contributed by atoms with Crippen molar-refractivity contribution in [2.45, 2.75) is 14.7 Å². The van der Waals surface area contributed by atoms with Gasteiger partial charge in [0.1, 0.15) is 11.6 Å². The Morgan fingerprint density at radius 1 is 0.312 bits per heavy atom. The van der Waals surface area contributed by atoms with Gasteiger partial charge in [-0.05, 0) is 66.7 Å². The third-order valence-corrected chi connectivity index (χ3v) is 12.3. The summed E-state index contributed by atoms with van der Waals surface area (Å²) in [7, 11) is -0.365. The highest BCUT2D eigenvalue weighted by molar-refractivity contribution is 7.97. The summed E-state index contributed by atoms with van der Waals surface area (Å²) in [6.45, 7) is 0. The molecular weight excluding hydrogens is 1120 g/mol. The van der Waals surface area contributed by atoms with Crippen LogP contribution in [0.5, 0.6) is 34.5 Å². The molecule has 8 rings (SSSR count). The SMILES string of the molecule is Fc1ccc([S+](c2ccccc2)c2ccc(F)cc2)cc1.O=C([O-])c1cc(Oc2c(F)c(F)c(F)c(F)c2F)c(Oc2c(F)c(F)c(F)c(F)c2F)c(Oc2c(F)c(F)c(F)c(F)c2F)c1-c1c(F)c(F)c(F)c(F)c1F. The van der Waals surface area contributed by atoms with Crippen LogP contribution in [0.1, 0.15) is 10.4 Å². The number of carbonyl (C=O) groups is 1. The average Bonchev–Trinajstić information content (AvgIpc) is 3.42. The van der Waals surface area contributed by atoms with E-state index in [1.165, 1.54) is 24.3 Å². The van der Waals surface area contributed by atoms with E-state index in [9.17, 15) is 97.7 Å². The molecule has 0 heterocycles. The summed E-state index contributed by atoms with van der Waals surface area (Å²) >= 11 is 0. The van der Waals surface area contributed by atoms with Crippen LogP contribution in [0.25, 0.3) is 11.1 Å². The summed E-state index contributed by atoms with van der Waals surface area (Å²) in [6, 6.07) is 22.3. The lowest BCUT2D eigenvalue weighted by molar-refractivity contribution is -0.255. The number of carboxylic acids is 1. The van der Waals surface area contributed by atoms with E-state index in [0.717, 1.165) is 14.7 Å². The van der Waals surface area contributed by atoms with E-state index >= 15 is 8.78 Å². The molecule has 0 atom stereocenters. The summed E-state index contributed by atoms with van der Waals surface area (Å²) in [5.74, 6) is -81.7. The Morgan fingerprint density at radius 3 is 0.935 bits per heavy atom. The van der Waals surface area contributed by atoms with Crippen molar-refractivity contribution in [3.05, 3.63) is 218 Å². The van der Waals surface area contributed by atoms with Gasteiger partial charge in [0.25, 0.3) is 0 Å². The van der Waals surface area contributed by atoms with Gasteiger partial charge >= 0.3 is 0 Å². The maximum Gasteiger partial charge on any atom is 0.213 e. The molecule has 0 fully saturated rings. The first-order chi connectivity index (χ1) is 36.2. The highest BCUT2D eigenvalue weighted by Crippen LogP contribution is 2.55. The number of hydrogen-bond acceptors (Lipinski definition) is 5. The molecule has 0 aliphatic heterocycles. The molecule has 0 unspecified atom stereocenters. The van der Waals surface area contributed by atoms with Crippen molar-refractivity contribution in [2.24, 2.45) is 0 Å².